The van der Waals surface area contributed by atoms with Gasteiger partial charge in [0.1, 0.15) is 6.10 Å². The zero-order valence-electron chi connectivity index (χ0n) is 17.6. The number of carbonyl (C=O) groups excluding carboxylic acids is 1. The summed E-state index contributed by atoms with van der Waals surface area (Å²) in [5.41, 5.74) is -0.984. The molecule has 0 bridgehead atoms. The number of likely N-dealkylation sites (tertiary alicyclic amines) is 1. The number of hydrogen-bond donors (Lipinski definition) is 2. The fraction of sp³-hybridized carbons (Fsp3) is 0.684. The van der Waals surface area contributed by atoms with Gasteiger partial charge in [0.25, 0.3) is 5.91 Å². The van der Waals surface area contributed by atoms with Crippen molar-refractivity contribution in [1.82, 2.24) is 14.9 Å². The first-order chi connectivity index (χ1) is 14.2. The van der Waals surface area contributed by atoms with Crippen molar-refractivity contribution in [3.8, 4) is 0 Å². The number of carboxylic acids is 1. The molecule has 170 valence electrons. The summed E-state index contributed by atoms with van der Waals surface area (Å²) in [7, 11) is 0. The number of aliphatic carboxylic acids is 1. The molecule has 1 aromatic heterocycles. The number of nitrogens with zero attached hydrogens (tertiary/aromatic N) is 4. The number of aliphatic hydroxyl groups excluding tert-OH is 1. The summed E-state index contributed by atoms with van der Waals surface area (Å²) in [6.07, 6.45) is -3.80. The van der Waals surface area contributed by atoms with E-state index in [9.17, 15) is 33.0 Å². The van der Waals surface area contributed by atoms with Crippen LogP contribution in [0, 0.1) is 5.92 Å². The summed E-state index contributed by atoms with van der Waals surface area (Å²) in [4.78, 5) is 33.9. The molecule has 30 heavy (non-hydrogen) atoms. The molecule has 0 radical (unpaired) electrons. The lowest BCUT2D eigenvalue weighted by Gasteiger charge is -2.40. The van der Waals surface area contributed by atoms with Gasteiger partial charge in [-0.3, -0.25) is 9.59 Å². The fourth-order valence-electron chi connectivity index (χ4n) is 3.38. The van der Waals surface area contributed by atoms with Gasteiger partial charge in [-0.05, 0) is 12.8 Å². The van der Waals surface area contributed by atoms with Gasteiger partial charge in [-0.1, -0.05) is 27.7 Å². The summed E-state index contributed by atoms with van der Waals surface area (Å²) in [5, 5.41) is 19.1. The van der Waals surface area contributed by atoms with Gasteiger partial charge in [0.05, 0.1) is 11.5 Å². The number of amides is 1. The van der Waals surface area contributed by atoms with Crippen LogP contribution in [-0.2, 0) is 15.8 Å². The Balaban J connectivity index is 0.00000106. The second-order valence-corrected chi connectivity index (χ2v) is 6.35. The van der Waals surface area contributed by atoms with Crippen LogP contribution in [0.15, 0.2) is 12.4 Å². The lowest BCUT2D eigenvalue weighted by molar-refractivity contribution is -0.147. The molecule has 2 aliphatic heterocycles. The molecular formula is C19H29F3N4O4. The number of carboxylic acid groups (broad SMARTS) is 1. The Morgan fingerprint density at radius 3 is 2.10 bits per heavy atom. The molecule has 3 unspecified atom stereocenters. The minimum Gasteiger partial charge on any atom is -0.481 e. The molecule has 3 heterocycles. The van der Waals surface area contributed by atoms with Gasteiger partial charge in [-0.25, -0.2) is 9.97 Å². The Labute approximate surface area is 173 Å². The molecule has 2 fully saturated rings. The summed E-state index contributed by atoms with van der Waals surface area (Å²) in [5.74, 6) is -2.55. The monoisotopic (exact) mass is 434 g/mol. The van der Waals surface area contributed by atoms with Crippen LogP contribution >= 0.6 is 0 Å². The van der Waals surface area contributed by atoms with E-state index in [-0.39, 0.29) is 25.5 Å². The Kier molecular flexibility index (Phi) is 9.47. The minimum atomic E-state index is -4.55. The molecule has 3 atom stereocenters. The van der Waals surface area contributed by atoms with Gasteiger partial charge in [-0.2, -0.15) is 13.2 Å². The number of alkyl halides is 3. The molecule has 1 aromatic rings. The van der Waals surface area contributed by atoms with Gasteiger partial charge in [0.2, 0.25) is 5.95 Å². The van der Waals surface area contributed by atoms with E-state index in [4.69, 9.17) is 0 Å². The van der Waals surface area contributed by atoms with E-state index < -0.39 is 41.7 Å². The van der Waals surface area contributed by atoms with Crippen molar-refractivity contribution in [1.29, 1.82) is 0 Å². The number of aromatic nitrogens is 2. The van der Waals surface area contributed by atoms with E-state index >= 15 is 0 Å². The molecule has 8 nitrogen and oxygen atoms in total. The first-order valence-corrected chi connectivity index (χ1v) is 10.0. The first kappa shape index (κ1) is 25.6. The third-order valence-corrected chi connectivity index (χ3v) is 4.75. The largest absolute Gasteiger partial charge is 0.481 e. The highest BCUT2D eigenvalue weighted by molar-refractivity contribution is 5.84. The molecule has 2 N–H and O–H groups in total. The van der Waals surface area contributed by atoms with Crippen LogP contribution in [0.1, 0.15) is 46.1 Å². The Bertz CT molecular complexity index is 700. The third kappa shape index (κ3) is 5.80. The fourth-order valence-corrected chi connectivity index (χ4v) is 3.38. The number of carbonyl (C=O) groups is 2. The zero-order valence-corrected chi connectivity index (χ0v) is 17.6. The van der Waals surface area contributed by atoms with Crippen LogP contribution in [0.2, 0.25) is 0 Å². The SMILES string of the molecule is CC.CC.O=C(O)C1CN(c2ncc(C(F)(F)F)cn2)CCC1N1CCC(O)C1=O. The highest BCUT2D eigenvalue weighted by Gasteiger charge is 2.44. The summed E-state index contributed by atoms with van der Waals surface area (Å²) in [6, 6.07) is -0.581. The highest BCUT2D eigenvalue weighted by atomic mass is 19.4. The molecule has 0 spiro atoms. The van der Waals surface area contributed by atoms with Crippen molar-refractivity contribution in [2.24, 2.45) is 5.92 Å². The Hall–Kier alpha value is -2.43. The second kappa shape index (κ2) is 11.1. The van der Waals surface area contributed by atoms with E-state index in [1.165, 1.54) is 9.80 Å². The lowest BCUT2D eigenvalue weighted by atomic mass is 9.91. The quantitative estimate of drug-likeness (QED) is 0.752. The van der Waals surface area contributed by atoms with Crippen LogP contribution in [0.5, 0.6) is 0 Å². The second-order valence-electron chi connectivity index (χ2n) is 6.35. The third-order valence-electron chi connectivity index (χ3n) is 4.75. The zero-order chi connectivity index (χ0) is 23.1. The average Bonchev–Trinajstić information content (AvgIpc) is 3.08. The molecule has 11 heteroatoms. The smallest absolute Gasteiger partial charge is 0.419 e. The number of hydrogen-bond acceptors (Lipinski definition) is 6. The van der Waals surface area contributed by atoms with Crippen molar-refractivity contribution in [2.75, 3.05) is 24.5 Å². The predicted molar refractivity (Wildman–Crippen MR) is 104 cm³/mol. The normalized spacial score (nSPS) is 23.9. The summed E-state index contributed by atoms with van der Waals surface area (Å²) < 4.78 is 37.8. The molecule has 0 aliphatic carbocycles. The number of aliphatic hydroxyl groups is 1. The van der Waals surface area contributed by atoms with Crippen LogP contribution in [0.25, 0.3) is 0 Å². The van der Waals surface area contributed by atoms with Gasteiger partial charge < -0.3 is 20.0 Å². The lowest BCUT2D eigenvalue weighted by Crippen LogP contribution is -2.55. The molecule has 3 rings (SSSR count). The average molecular weight is 434 g/mol. The number of halogens is 3. The maximum Gasteiger partial charge on any atom is 0.419 e. The highest BCUT2D eigenvalue weighted by Crippen LogP contribution is 2.31. The van der Waals surface area contributed by atoms with Crippen LogP contribution in [0.3, 0.4) is 0 Å². The topological polar surface area (TPSA) is 107 Å². The maximum atomic E-state index is 12.6. The van der Waals surface area contributed by atoms with Crippen molar-refractivity contribution in [3.05, 3.63) is 18.0 Å². The van der Waals surface area contributed by atoms with E-state index in [1.807, 2.05) is 27.7 Å². The van der Waals surface area contributed by atoms with Gasteiger partial charge >= 0.3 is 12.1 Å². The van der Waals surface area contributed by atoms with Crippen molar-refractivity contribution in [2.45, 2.75) is 58.9 Å². The van der Waals surface area contributed by atoms with Gasteiger partial charge in [-0.15, -0.1) is 0 Å². The van der Waals surface area contributed by atoms with E-state index in [1.54, 1.807) is 0 Å². The van der Waals surface area contributed by atoms with E-state index in [0.29, 0.717) is 25.4 Å². The summed E-state index contributed by atoms with van der Waals surface area (Å²) in [6.45, 7) is 8.54. The standard InChI is InChI=1S/C15H17F3N4O4.2C2H6/c16-15(17,18)8-5-19-14(20-6-8)21-3-1-10(9(7-21)13(25)26)22-4-2-11(23)12(22)24;2*1-2/h5-6,9-11,23H,1-4,7H2,(H,25,26);2*1-2H3. The Morgan fingerprint density at radius 2 is 1.67 bits per heavy atom. The van der Waals surface area contributed by atoms with Crippen molar-refractivity contribution < 1.29 is 33.0 Å². The molecule has 0 saturated carbocycles. The van der Waals surface area contributed by atoms with Crippen molar-refractivity contribution >= 4 is 17.8 Å². The number of piperidine rings is 1. The number of rotatable bonds is 3. The molecule has 2 aliphatic rings. The van der Waals surface area contributed by atoms with Crippen LogP contribution in [0.4, 0.5) is 19.1 Å². The number of anilines is 1. The Morgan fingerprint density at radius 1 is 1.10 bits per heavy atom. The van der Waals surface area contributed by atoms with E-state index in [0.717, 1.165) is 0 Å². The van der Waals surface area contributed by atoms with E-state index in [2.05, 4.69) is 9.97 Å². The van der Waals surface area contributed by atoms with Crippen LogP contribution < -0.4 is 4.90 Å². The predicted octanol–water partition coefficient (Wildman–Crippen LogP) is 2.42. The van der Waals surface area contributed by atoms with Crippen molar-refractivity contribution in [3.63, 3.8) is 0 Å². The van der Waals surface area contributed by atoms with Crippen LogP contribution in [-0.4, -0.2) is 68.7 Å². The molecule has 0 aromatic carbocycles. The van der Waals surface area contributed by atoms with Gasteiger partial charge in [0.15, 0.2) is 0 Å². The first-order valence-electron chi connectivity index (χ1n) is 10.0. The van der Waals surface area contributed by atoms with Gasteiger partial charge in [0, 0.05) is 38.1 Å². The molecule has 1 amide bonds. The summed E-state index contributed by atoms with van der Waals surface area (Å²) >= 11 is 0. The molecule has 2 saturated heterocycles. The maximum absolute atomic E-state index is 12.6. The minimum absolute atomic E-state index is 0.00971. The molecular weight excluding hydrogens is 405 g/mol.